The number of carbonyl (C=O) groups is 2. The summed E-state index contributed by atoms with van der Waals surface area (Å²) < 4.78 is 4.92. The van der Waals surface area contributed by atoms with E-state index in [0.29, 0.717) is 5.56 Å². The molecule has 0 fully saturated rings. The lowest BCUT2D eigenvalue weighted by Crippen LogP contribution is -2.29. The van der Waals surface area contributed by atoms with Gasteiger partial charge >= 0.3 is 5.97 Å². The normalized spacial score (nSPS) is 11.3. The third kappa shape index (κ3) is 4.95. The first-order valence-corrected chi connectivity index (χ1v) is 6.30. The number of esters is 1. The molecule has 0 saturated heterocycles. The smallest absolute Gasteiger partial charge is 0.354 e. The Morgan fingerprint density at radius 3 is 2.42 bits per heavy atom. The quantitative estimate of drug-likeness (QED) is 0.654. The summed E-state index contributed by atoms with van der Waals surface area (Å²) >= 11 is 0. The van der Waals surface area contributed by atoms with Crippen LogP contribution in [0.2, 0.25) is 0 Å². The fraction of sp³-hybridized carbons (Fsp3) is 0.333. The van der Waals surface area contributed by atoms with Gasteiger partial charge in [-0.15, -0.1) is 0 Å². The molecule has 4 heteroatoms. The summed E-state index contributed by atoms with van der Waals surface area (Å²) in [7, 11) is 0. The number of rotatable bonds is 5. The van der Waals surface area contributed by atoms with Gasteiger partial charge in [-0.05, 0) is 25.0 Å². The molecule has 1 aromatic carbocycles. The molecule has 0 saturated carbocycles. The molecule has 0 bridgehead atoms. The van der Waals surface area contributed by atoms with Crippen molar-refractivity contribution in [2.75, 3.05) is 6.61 Å². The molecule has 0 aliphatic heterocycles. The Kier molecular flexibility index (Phi) is 5.79. The third-order valence-corrected chi connectivity index (χ3v) is 2.28. The fourth-order valence-corrected chi connectivity index (χ4v) is 1.49. The highest BCUT2D eigenvalue weighted by atomic mass is 16.5. The van der Waals surface area contributed by atoms with Crippen molar-refractivity contribution >= 4 is 11.9 Å². The van der Waals surface area contributed by atoms with E-state index < -0.39 is 5.97 Å². The lowest BCUT2D eigenvalue weighted by atomic mass is 10.1. The van der Waals surface area contributed by atoms with Crippen LogP contribution in [-0.4, -0.2) is 18.5 Å². The van der Waals surface area contributed by atoms with Crippen LogP contribution in [0.1, 0.15) is 31.1 Å². The summed E-state index contributed by atoms with van der Waals surface area (Å²) in [6.45, 7) is 5.85. The zero-order valence-corrected chi connectivity index (χ0v) is 11.5. The van der Waals surface area contributed by atoms with E-state index in [1.165, 1.54) is 0 Å². The van der Waals surface area contributed by atoms with Gasteiger partial charge < -0.3 is 10.1 Å². The van der Waals surface area contributed by atoms with Crippen LogP contribution in [0.5, 0.6) is 0 Å². The summed E-state index contributed by atoms with van der Waals surface area (Å²) in [5.74, 6) is -0.698. The minimum Gasteiger partial charge on any atom is -0.461 e. The average Bonchev–Trinajstić information content (AvgIpc) is 2.38. The van der Waals surface area contributed by atoms with Gasteiger partial charge in [0.1, 0.15) is 5.70 Å². The van der Waals surface area contributed by atoms with E-state index in [1.54, 1.807) is 37.3 Å². The van der Waals surface area contributed by atoms with Gasteiger partial charge in [-0.3, -0.25) is 4.79 Å². The second-order valence-electron chi connectivity index (χ2n) is 4.36. The van der Waals surface area contributed by atoms with E-state index >= 15 is 0 Å². The fourth-order valence-electron chi connectivity index (χ4n) is 1.49. The minimum absolute atomic E-state index is 0.135. The zero-order valence-electron chi connectivity index (χ0n) is 11.5. The highest BCUT2D eigenvalue weighted by Gasteiger charge is 2.15. The lowest BCUT2D eigenvalue weighted by Gasteiger charge is -2.10. The van der Waals surface area contributed by atoms with E-state index in [1.807, 2.05) is 19.9 Å². The van der Waals surface area contributed by atoms with Crippen LogP contribution in [0.15, 0.2) is 42.1 Å². The predicted octanol–water partition coefficient (Wildman–Crippen LogP) is 2.52. The second kappa shape index (κ2) is 7.36. The predicted molar refractivity (Wildman–Crippen MR) is 73.5 cm³/mol. The van der Waals surface area contributed by atoms with Crippen LogP contribution < -0.4 is 5.32 Å². The van der Waals surface area contributed by atoms with Crippen molar-refractivity contribution in [2.45, 2.75) is 20.8 Å². The number of amides is 1. The summed E-state index contributed by atoms with van der Waals surface area (Å²) in [5.41, 5.74) is 0.687. The molecule has 1 rings (SSSR count). The van der Waals surface area contributed by atoms with Gasteiger partial charge in [-0.25, -0.2) is 4.79 Å². The van der Waals surface area contributed by atoms with E-state index in [9.17, 15) is 9.59 Å². The van der Waals surface area contributed by atoms with E-state index in [4.69, 9.17) is 4.74 Å². The molecule has 1 aromatic rings. The molecular weight excluding hydrogens is 242 g/mol. The van der Waals surface area contributed by atoms with Crippen LogP contribution in [0, 0.1) is 5.92 Å². The molecule has 102 valence electrons. The maximum Gasteiger partial charge on any atom is 0.354 e. The first-order valence-electron chi connectivity index (χ1n) is 6.30. The SMILES string of the molecule is CCOC(=O)C(=CC(C)C)NC(=O)c1ccccc1. The second-order valence-corrected chi connectivity index (χ2v) is 4.36. The molecule has 0 spiro atoms. The van der Waals surface area contributed by atoms with Gasteiger partial charge in [0.05, 0.1) is 6.61 Å². The number of hydrogen-bond donors (Lipinski definition) is 1. The van der Waals surface area contributed by atoms with Crippen molar-refractivity contribution in [3.8, 4) is 0 Å². The number of hydrogen-bond acceptors (Lipinski definition) is 3. The van der Waals surface area contributed by atoms with Gasteiger partial charge in [0.25, 0.3) is 5.91 Å². The van der Waals surface area contributed by atoms with Gasteiger partial charge in [0.2, 0.25) is 0 Å². The van der Waals surface area contributed by atoms with Crippen molar-refractivity contribution in [1.29, 1.82) is 0 Å². The Labute approximate surface area is 113 Å². The van der Waals surface area contributed by atoms with Crippen LogP contribution in [0.25, 0.3) is 0 Å². The Bertz CT molecular complexity index is 464. The maximum absolute atomic E-state index is 12.0. The van der Waals surface area contributed by atoms with Crippen molar-refractivity contribution in [3.05, 3.63) is 47.7 Å². The summed E-state index contributed by atoms with van der Waals surface area (Å²) in [6, 6.07) is 8.74. The molecule has 0 unspecified atom stereocenters. The monoisotopic (exact) mass is 261 g/mol. The molecular formula is C15H19NO3. The number of benzene rings is 1. The topological polar surface area (TPSA) is 55.4 Å². The highest BCUT2D eigenvalue weighted by molar-refractivity contribution is 6.01. The number of ether oxygens (including phenoxy) is 1. The van der Waals surface area contributed by atoms with Gasteiger partial charge in [-0.1, -0.05) is 38.1 Å². The maximum atomic E-state index is 12.0. The summed E-state index contributed by atoms with van der Waals surface area (Å²) in [6.07, 6.45) is 1.68. The van der Waals surface area contributed by atoms with Crippen molar-refractivity contribution in [1.82, 2.24) is 5.32 Å². The Morgan fingerprint density at radius 1 is 1.26 bits per heavy atom. The van der Waals surface area contributed by atoms with Crippen molar-refractivity contribution in [3.63, 3.8) is 0 Å². The summed E-state index contributed by atoms with van der Waals surface area (Å²) in [4.78, 5) is 23.7. The molecule has 19 heavy (non-hydrogen) atoms. The molecule has 0 radical (unpaired) electrons. The van der Waals surface area contributed by atoms with Crippen molar-refractivity contribution < 1.29 is 14.3 Å². The van der Waals surface area contributed by atoms with Crippen LogP contribution in [0.4, 0.5) is 0 Å². The first-order chi connectivity index (χ1) is 9.04. The molecule has 0 atom stereocenters. The zero-order chi connectivity index (χ0) is 14.3. The molecule has 0 aromatic heterocycles. The third-order valence-electron chi connectivity index (χ3n) is 2.28. The molecule has 0 aliphatic rings. The highest BCUT2D eigenvalue weighted by Crippen LogP contribution is 2.05. The van der Waals surface area contributed by atoms with Crippen LogP contribution in [0.3, 0.4) is 0 Å². The molecule has 0 heterocycles. The summed E-state index contributed by atoms with van der Waals surface area (Å²) in [5, 5.41) is 2.60. The van der Waals surface area contributed by atoms with E-state index in [0.717, 1.165) is 0 Å². The number of allylic oxidation sites excluding steroid dienone is 1. The Balaban J connectivity index is 2.84. The Hall–Kier alpha value is -2.10. The van der Waals surface area contributed by atoms with E-state index in [-0.39, 0.29) is 24.1 Å². The minimum atomic E-state index is -0.513. The van der Waals surface area contributed by atoms with Crippen molar-refractivity contribution in [2.24, 2.45) is 5.92 Å². The molecule has 0 aliphatic carbocycles. The standard InChI is InChI=1S/C15H19NO3/c1-4-19-15(18)13(10-11(2)3)16-14(17)12-8-6-5-7-9-12/h5-11H,4H2,1-3H3,(H,16,17). The number of nitrogens with one attached hydrogen (secondary N) is 1. The van der Waals surface area contributed by atoms with Gasteiger partial charge in [0.15, 0.2) is 0 Å². The molecule has 4 nitrogen and oxygen atoms in total. The lowest BCUT2D eigenvalue weighted by molar-refractivity contribution is -0.138. The molecule has 1 amide bonds. The van der Waals surface area contributed by atoms with Crippen LogP contribution >= 0.6 is 0 Å². The number of carbonyl (C=O) groups excluding carboxylic acids is 2. The Morgan fingerprint density at radius 2 is 1.89 bits per heavy atom. The van der Waals surface area contributed by atoms with Gasteiger partial charge in [0, 0.05) is 5.56 Å². The van der Waals surface area contributed by atoms with Gasteiger partial charge in [-0.2, -0.15) is 0 Å². The molecule has 1 N–H and O–H groups in total. The van der Waals surface area contributed by atoms with E-state index in [2.05, 4.69) is 5.32 Å². The van der Waals surface area contributed by atoms with Crippen LogP contribution in [-0.2, 0) is 9.53 Å². The largest absolute Gasteiger partial charge is 0.461 e. The first kappa shape index (κ1) is 15.0. The average molecular weight is 261 g/mol.